The number of carboxylic acids is 1. The zero-order valence-electron chi connectivity index (χ0n) is 13.7. The summed E-state index contributed by atoms with van der Waals surface area (Å²) in [5.74, 6) is 1.87. The Labute approximate surface area is 150 Å². The lowest BCUT2D eigenvalue weighted by Gasteiger charge is -2.21. The molecule has 1 aromatic rings. The second kappa shape index (κ2) is 9.84. The van der Waals surface area contributed by atoms with E-state index in [9.17, 15) is 9.59 Å². The summed E-state index contributed by atoms with van der Waals surface area (Å²) in [4.78, 5) is 22.3. The molecule has 1 aromatic carbocycles. The normalized spacial score (nSPS) is 16.4. The van der Waals surface area contributed by atoms with Crippen molar-refractivity contribution in [3.63, 3.8) is 0 Å². The van der Waals surface area contributed by atoms with Gasteiger partial charge in [0.25, 0.3) is 5.91 Å². The molecule has 0 saturated carbocycles. The van der Waals surface area contributed by atoms with Crippen molar-refractivity contribution in [2.75, 3.05) is 24.7 Å². The molecular weight excluding hydrogens is 346 g/mol. The molecular formula is C17H23NO4S2. The van der Waals surface area contributed by atoms with Crippen molar-refractivity contribution < 1.29 is 19.4 Å². The Hall–Kier alpha value is -1.34. The van der Waals surface area contributed by atoms with Crippen LogP contribution in [0.4, 0.5) is 0 Å². The van der Waals surface area contributed by atoms with E-state index in [1.165, 1.54) is 23.5 Å². The minimum atomic E-state index is -0.859. The summed E-state index contributed by atoms with van der Waals surface area (Å²) >= 11 is 3.94. The summed E-state index contributed by atoms with van der Waals surface area (Å²) in [5, 5.41) is 11.4. The number of hydrogen-bond donors (Lipinski definition) is 2. The van der Waals surface area contributed by atoms with Gasteiger partial charge in [0.05, 0.1) is 4.58 Å². The third kappa shape index (κ3) is 6.65. The first kappa shape index (κ1) is 19.0. The molecule has 7 heteroatoms. The fraction of sp³-hybridized carbons (Fsp3) is 0.529. The third-order valence-corrected chi connectivity index (χ3v) is 6.54. The maximum Gasteiger partial charge on any atom is 0.303 e. The number of nitrogens with one attached hydrogen (secondary N) is 1. The van der Waals surface area contributed by atoms with Gasteiger partial charge in [-0.3, -0.25) is 9.59 Å². The molecule has 1 heterocycles. The van der Waals surface area contributed by atoms with Crippen LogP contribution in [0.15, 0.2) is 24.3 Å². The molecule has 5 nitrogen and oxygen atoms in total. The number of amides is 1. The van der Waals surface area contributed by atoms with Crippen LogP contribution >= 0.6 is 23.5 Å². The van der Waals surface area contributed by atoms with Crippen LogP contribution in [0.3, 0.4) is 0 Å². The first-order valence-corrected chi connectivity index (χ1v) is 10.1. The highest BCUT2D eigenvalue weighted by Gasteiger charge is 2.16. The SMILES string of the molecule is CC(CNC(=O)COc1ccc(C2SCCCS2)cc1)CC(=O)O. The van der Waals surface area contributed by atoms with E-state index < -0.39 is 5.97 Å². The summed E-state index contributed by atoms with van der Waals surface area (Å²) in [6.07, 6.45) is 1.31. The zero-order valence-corrected chi connectivity index (χ0v) is 15.3. The average molecular weight is 370 g/mol. The number of thioether (sulfide) groups is 2. The topological polar surface area (TPSA) is 75.6 Å². The molecule has 132 valence electrons. The molecule has 1 aliphatic rings. The monoisotopic (exact) mass is 369 g/mol. The molecule has 1 unspecified atom stereocenters. The van der Waals surface area contributed by atoms with Crippen molar-refractivity contribution in [3.05, 3.63) is 29.8 Å². The first-order chi connectivity index (χ1) is 11.5. The molecule has 0 aliphatic carbocycles. The second-order valence-electron chi connectivity index (χ2n) is 5.79. The van der Waals surface area contributed by atoms with Gasteiger partial charge in [-0.25, -0.2) is 0 Å². The Morgan fingerprint density at radius 1 is 1.29 bits per heavy atom. The smallest absolute Gasteiger partial charge is 0.303 e. The Morgan fingerprint density at radius 3 is 2.58 bits per heavy atom. The van der Waals surface area contributed by atoms with Crippen molar-refractivity contribution in [3.8, 4) is 5.75 Å². The predicted octanol–water partition coefficient (Wildman–Crippen LogP) is 3.16. The number of aliphatic carboxylic acids is 1. The number of hydrogen-bond acceptors (Lipinski definition) is 5. The third-order valence-electron chi connectivity index (χ3n) is 3.52. The zero-order chi connectivity index (χ0) is 17.4. The summed E-state index contributed by atoms with van der Waals surface area (Å²) in [6.45, 7) is 2.06. The van der Waals surface area contributed by atoms with Gasteiger partial charge in [0.15, 0.2) is 6.61 Å². The van der Waals surface area contributed by atoms with Gasteiger partial charge in [-0.2, -0.15) is 0 Å². The number of carbonyl (C=O) groups is 2. The quantitative estimate of drug-likeness (QED) is 0.733. The van der Waals surface area contributed by atoms with Crippen LogP contribution in [0.25, 0.3) is 0 Å². The molecule has 1 fully saturated rings. The minimum Gasteiger partial charge on any atom is -0.484 e. The van der Waals surface area contributed by atoms with Gasteiger partial charge in [-0.05, 0) is 41.5 Å². The molecule has 2 rings (SSSR count). The Kier molecular flexibility index (Phi) is 7.78. The van der Waals surface area contributed by atoms with Crippen molar-refractivity contribution in [2.45, 2.75) is 24.3 Å². The maximum atomic E-state index is 11.7. The van der Waals surface area contributed by atoms with E-state index >= 15 is 0 Å². The predicted molar refractivity (Wildman–Crippen MR) is 98.6 cm³/mol. The second-order valence-corrected chi connectivity index (χ2v) is 8.52. The van der Waals surface area contributed by atoms with E-state index in [0.717, 1.165) is 0 Å². The molecule has 1 amide bonds. The van der Waals surface area contributed by atoms with Crippen LogP contribution in [0.2, 0.25) is 0 Å². The fourth-order valence-corrected chi connectivity index (χ4v) is 5.15. The van der Waals surface area contributed by atoms with Gasteiger partial charge in [-0.1, -0.05) is 19.1 Å². The van der Waals surface area contributed by atoms with E-state index in [0.29, 0.717) is 16.9 Å². The largest absolute Gasteiger partial charge is 0.484 e. The van der Waals surface area contributed by atoms with Crippen molar-refractivity contribution in [1.82, 2.24) is 5.32 Å². The number of rotatable bonds is 8. The highest BCUT2D eigenvalue weighted by molar-refractivity contribution is 8.16. The van der Waals surface area contributed by atoms with Gasteiger partial charge < -0.3 is 15.2 Å². The highest BCUT2D eigenvalue weighted by atomic mass is 32.2. The summed E-state index contributed by atoms with van der Waals surface area (Å²) in [7, 11) is 0. The highest BCUT2D eigenvalue weighted by Crippen LogP contribution is 2.43. The van der Waals surface area contributed by atoms with E-state index in [2.05, 4.69) is 17.4 Å². The fourth-order valence-electron chi connectivity index (χ4n) is 2.26. The van der Waals surface area contributed by atoms with Gasteiger partial charge in [0.2, 0.25) is 0 Å². The van der Waals surface area contributed by atoms with Crippen LogP contribution < -0.4 is 10.1 Å². The minimum absolute atomic E-state index is 0.0415. The van der Waals surface area contributed by atoms with Crippen LogP contribution in [-0.2, 0) is 9.59 Å². The summed E-state index contributed by atoms with van der Waals surface area (Å²) in [5.41, 5.74) is 1.28. The molecule has 0 radical (unpaired) electrons. The average Bonchev–Trinajstić information content (AvgIpc) is 2.59. The van der Waals surface area contributed by atoms with Gasteiger partial charge in [-0.15, -0.1) is 23.5 Å². The molecule has 1 atom stereocenters. The van der Waals surface area contributed by atoms with E-state index in [1.54, 1.807) is 6.92 Å². The van der Waals surface area contributed by atoms with Gasteiger partial charge in [0, 0.05) is 13.0 Å². The lowest BCUT2D eigenvalue weighted by Crippen LogP contribution is -2.33. The standard InChI is InChI=1S/C17H23NO4S2/c1-12(9-16(20)21)10-18-15(19)11-22-14-5-3-13(4-6-14)17-23-7-2-8-24-17/h3-6,12,17H,2,7-11H2,1H3,(H,18,19)(H,20,21). The van der Waals surface area contributed by atoms with Crippen LogP contribution in [-0.4, -0.2) is 41.6 Å². The first-order valence-electron chi connectivity index (χ1n) is 7.99. The molecule has 0 spiro atoms. The van der Waals surface area contributed by atoms with Crippen LogP contribution in [0.5, 0.6) is 5.75 Å². The van der Waals surface area contributed by atoms with Crippen LogP contribution in [0.1, 0.15) is 29.9 Å². The maximum absolute atomic E-state index is 11.7. The summed E-state index contributed by atoms with van der Waals surface area (Å²) in [6, 6.07) is 7.90. The number of carboxylic acid groups (broad SMARTS) is 1. The number of benzene rings is 1. The van der Waals surface area contributed by atoms with E-state index in [4.69, 9.17) is 9.84 Å². The molecule has 24 heavy (non-hydrogen) atoms. The lowest BCUT2D eigenvalue weighted by atomic mass is 10.1. The lowest BCUT2D eigenvalue weighted by molar-refractivity contribution is -0.138. The van der Waals surface area contributed by atoms with Crippen LogP contribution in [0, 0.1) is 5.92 Å². The van der Waals surface area contributed by atoms with Gasteiger partial charge >= 0.3 is 5.97 Å². The van der Waals surface area contributed by atoms with Crippen molar-refractivity contribution >= 4 is 35.4 Å². The Bertz CT molecular complexity index is 544. The van der Waals surface area contributed by atoms with Crippen molar-refractivity contribution in [1.29, 1.82) is 0 Å². The Balaban J connectivity index is 1.71. The van der Waals surface area contributed by atoms with E-state index in [1.807, 2.05) is 35.7 Å². The van der Waals surface area contributed by atoms with Crippen molar-refractivity contribution in [2.24, 2.45) is 5.92 Å². The van der Waals surface area contributed by atoms with Gasteiger partial charge in [0.1, 0.15) is 5.75 Å². The number of carbonyl (C=O) groups excluding carboxylic acids is 1. The molecule has 0 bridgehead atoms. The van der Waals surface area contributed by atoms with E-state index in [-0.39, 0.29) is 24.9 Å². The summed E-state index contributed by atoms with van der Waals surface area (Å²) < 4.78 is 5.97. The molecule has 0 aromatic heterocycles. The number of ether oxygens (including phenoxy) is 1. The molecule has 1 saturated heterocycles. The Morgan fingerprint density at radius 2 is 1.96 bits per heavy atom. The molecule has 2 N–H and O–H groups in total. The molecule has 1 aliphatic heterocycles.